The average Bonchev–Trinajstić information content (AvgIpc) is 2.75. The highest BCUT2D eigenvalue weighted by molar-refractivity contribution is 5.64. The Morgan fingerprint density at radius 1 is 0.893 bits per heavy atom. The van der Waals surface area contributed by atoms with E-state index in [0.717, 1.165) is 24.9 Å². The van der Waals surface area contributed by atoms with Gasteiger partial charge in [0, 0.05) is 6.61 Å². The van der Waals surface area contributed by atoms with E-state index in [1.54, 1.807) is 0 Å². The minimum atomic E-state index is 0.713. The summed E-state index contributed by atoms with van der Waals surface area (Å²) >= 11 is 0. The molecular formula is C27H36O. The van der Waals surface area contributed by atoms with E-state index in [2.05, 4.69) is 74.5 Å². The van der Waals surface area contributed by atoms with Crippen molar-refractivity contribution in [1.29, 1.82) is 0 Å². The first-order chi connectivity index (χ1) is 13.8. The van der Waals surface area contributed by atoms with Gasteiger partial charge >= 0.3 is 0 Å². The Kier molecular flexibility index (Phi) is 8.36. The molecule has 1 aliphatic carbocycles. The van der Waals surface area contributed by atoms with Crippen molar-refractivity contribution < 1.29 is 4.74 Å². The van der Waals surface area contributed by atoms with Gasteiger partial charge in [0.1, 0.15) is 0 Å². The van der Waals surface area contributed by atoms with Crippen molar-refractivity contribution in [2.75, 3.05) is 6.61 Å². The highest BCUT2D eigenvalue weighted by atomic mass is 16.5. The van der Waals surface area contributed by atoms with Crippen molar-refractivity contribution in [3.63, 3.8) is 0 Å². The van der Waals surface area contributed by atoms with Crippen LogP contribution in [-0.4, -0.2) is 6.61 Å². The predicted octanol–water partition coefficient (Wildman–Crippen LogP) is 7.91. The van der Waals surface area contributed by atoms with Crippen LogP contribution in [0.4, 0.5) is 0 Å². The molecule has 0 bridgehead atoms. The molecule has 0 aliphatic heterocycles. The molecule has 3 rings (SSSR count). The third kappa shape index (κ3) is 6.07. The molecule has 1 saturated carbocycles. The zero-order valence-corrected chi connectivity index (χ0v) is 17.7. The monoisotopic (exact) mass is 376 g/mol. The summed E-state index contributed by atoms with van der Waals surface area (Å²) in [5, 5.41) is 0. The molecular weight excluding hydrogens is 340 g/mol. The Labute approximate surface area is 171 Å². The molecule has 0 amide bonds. The van der Waals surface area contributed by atoms with E-state index in [9.17, 15) is 0 Å². The lowest BCUT2D eigenvalue weighted by Gasteiger charge is -2.28. The zero-order valence-electron chi connectivity index (χ0n) is 17.7. The summed E-state index contributed by atoms with van der Waals surface area (Å²) in [6.07, 6.45) is 13.7. The fourth-order valence-electron chi connectivity index (χ4n) is 4.36. The lowest BCUT2D eigenvalue weighted by atomic mass is 9.77. The topological polar surface area (TPSA) is 9.23 Å². The molecule has 0 radical (unpaired) electrons. The Hall–Kier alpha value is -1.86. The van der Waals surface area contributed by atoms with Crippen LogP contribution in [0.15, 0.2) is 60.7 Å². The fourth-order valence-corrected chi connectivity index (χ4v) is 4.36. The minimum absolute atomic E-state index is 0.713. The van der Waals surface area contributed by atoms with E-state index in [1.807, 2.05) is 0 Å². The van der Waals surface area contributed by atoms with Gasteiger partial charge in [-0.1, -0.05) is 67.6 Å². The normalized spacial score (nSPS) is 19.9. The first kappa shape index (κ1) is 20.9. The van der Waals surface area contributed by atoms with Gasteiger partial charge in [0.05, 0.1) is 6.61 Å². The Bertz CT molecular complexity index is 703. The molecule has 1 nitrogen and oxygen atoms in total. The third-order valence-electron chi connectivity index (χ3n) is 6.11. The van der Waals surface area contributed by atoms with E-state index >= 15 is 0 Å². The lowest BCUT2D eigenvalue weighted by Crippen LogP contribution is -2.13. The van der Waals surface area contributed by atoms with Crippen LogP contribution >= 0.6 is 0 Å². The van der Waals surface area contributed by atoms with Gasteiger partial charge in [-0.25, -0.2) is 0 Å². The van der Waals surface area contributed by atoms with Gasteiger partial charge in [-0.15, -0.1) is 0 Å². The third-order valence-corrected chi connectivity index (χ3v) is 6.11. The maximum atomic E-state index is 5.63. The first-order valence-electron chi connectivity index (χ1n) is 11.2. The van der Waals surface area contributed by atoms with Crippen LogP contribution in [0.25, 0.3) is 11.1 Å². The Balaban J connectivity index is 1.52. The van der Waals surface area contributed by atoms with Crippen LogP contribution < -0.4 is 0 Å². The van der Waals surface area contributed by atoms with E-state index in [0.29, 0.717) is 6.61 Å². The molecule has 0 saturated heterocycles. The second-order valence-corrected chi connectivity index (χ2v) is 8.24. The number of ether oxygens (including phenoxy) is 1. The largest absolute Gasteiger partial charge is 0.377 e. The fraction of sp³-hybridized carbons (Fsp3) is 0.481. The number of hydrogen-bond donors (Lipinski definition) is 0. The minimum Gasteiger partial charge on any atom is -0.377 e. The Morgan fingerprint density at radius 3 is 2.14 bits per heavy atom. The predicted molar refractivity (Wildman–Crippen MR) is 121 cm³/mol. The van der Waals surface area contributed by atoms with Crippen molar-refractivity contribution in [2.45, 2.75) is 71.3 Å². The summed E-state index contributed by atoms with van der Waals surface area (Å²) < 4.78 is 5.63. The molecule has 0 N–H and O–H groups in total. The molecule has 150 valence electrons. The van der Waals surface area contributed by atoms with Crippen LogP contribution in [0, 0.1) is 5.92 Å². The van der Waals surface area contributed by atoms with Gasteiger partial charge in [-0.2, -0.15) is 0 Å². The zero-order chi connectivity index (χ0) is 19.6. The van der Waals surface area contributed by atoms with E-state index in [1.165, 1.54) is 60.8 Å². The maximum absolute atomic E-state index is 5.63. The second-order valence-electron chi connectivity index (χ2n) is 8.24. The highest BCUT2D eigenvalue weighted by Gasteiger charge is 2.21. The quantitative estimate of drug-likeness (QED) is 0.319. The molecule has 1 aliphatic rings. The molecule has 0 atom stereocenters. The van der Waals surface area contributed by atoms with Gasteiger partial charge in [-0.3, -0.25) is 0 Å². The smallest absolute Gasteiger partial charge is 0.0716 e. The molecule has 2 aromatic carbocycles. The molecule has 1 heteroatoms. The molecule has 0 heterocycles. The van der Waals surface area contributed by atoms with Gasteiger partial charge in [0.15, 0.2) is 0 Å². The van der Waals surface area contributed by atoms with Crippen LogP contribution in [0.5, 0.6) is 0 Å². The van der Waals surface area contributed by atoms with Crippen molar-refractivity contribution >= 4 is 0 Å². The van der Waals surface area contributed by atoms with Crippen molar-refractivity contribution in [3.05, 3.63) is 71.8 Å². The number of rotatable bonds is 9. The SMILES string of the molecule is C/C=C/CCC1CCC(c2ccc(-c3ccc(COCCC)cc3)cc2)CC1. The first-order valence-corrected chi connectivity index (χ1v) is 11.2. The van der Waals surface area contributed by atoms with Crippen molar-refractivity contribution in [1.82, 2.24) is 0 Å². The summed E-state index contributed by atoms with van der Waals surface area (Å²) in [6.45, 7) is 5.81. The molecule has 28 heavy (non-hydrogen) atoms. The van der Waals surface area contributed by atoms with Gasteiger partial charge in [-0.05, 0) is 86.0 Å². The van der Waals surface area contributed by atoms with E-state index in [-0.39, 0.29) is 0 Å². The maximum Gasteiger partial charge on any atom is 0.0716 e. The molecule has 0 spiro atoms. The van der Waals surface area contributed by atoms with Gasteiger partial charge in [0.25, 0.3) is 0 Å². The second kappa shape index (κ2) is 11.2. The van der Waals surface area contributed by atoms with Crippen LogP contribution in [-0.2, 0) is 11.3 Å². The highest BCUT2D eigenvalue weighted by Crippen LogP contribution is 2.38. The average molecular weight is 377 g/mol. The van der Waals surface area contributed by atoms with Crippen molar-refractivity contribution in [2.24, 2.45) is 5.92 Å². The van der Waals surface area contributed by atoms with E-state index < -0.39 is 0 Å². The summed E-state index contributed by atoms with van der Waals surface area (Å²) in [5.74, 6) is 1.69. The molecule has 2 aromatic rings. The van der Waals surface area contributed by atoms with Gasteiger partial charge < -0.3 is 4.74 Å². The van der Waals surface area contributed by atoms with Crippen LogP contribution in [0.1, 0.15) is 75.8 Å². The molecule has 0 aromatic heterocycles. The lowest BCUT2D eigenvalue weighted by molar-refractivity contribution is 0.121. The molecule has 0 unspecified atom stereocenters. The van der Waals surface area contributed by atoms with Crippen LogP contribution in [0.3, 0.4) is 0 Å². The molecule has 1 fully saturated rings. The standard InChI is InChI=1S/C27H36O/c1-3-5-6-7-22-8-12-24(13-9-22)26-16-18-27(19-17-26)25-14-10-23(11-15-25)21-28-20-4-2/h3,5,10-11,14-19,22,24H,4,6-9,12-13,20-21H2,1-2H3/b5-3+. The van der Waals surface area contributed by atoms with Crippen LogP contribution in [0.2, 0.25) is 0 Å². The Morgan fingerprint density at radius 2 is 1.54 bits per heavy atom. The number of allylic oxidation sites excluding steroid dienone is 2. The number of benzene rings is 2. The van der Waals surface area contributed by atoms with Gasteiger partial charge in [0.2, 0.25) is 0 Å². The number of hydrogen-bond acceptors (Lipinski definition) is 1. The van der Waals surface area contributed by atoms with E-state index in [4.69, 9.17) is 4.74 Å². The van der Waals surface area contributed by atoms with Crippen molar-refractivity contribution in [3.8, 4) is 11.1 Å². The summed E-state index contributed by atoms with van der Waals surface area (Å²) in [4.78, 5) is 0. The summed E-state index contributed by atoms with van der Waals surface area (Å²) in [5.41, 5.74) is 5.38. The summed E-state index contributed by atoms with van der Waals surface area (Å²) in [6, 6.07) is 18.1. The summed E-state index contributed by atoms with van der Waals surface area (Å²) in [7, 11) is 0.